The van der Waals surface area contributed by atoms with E-state index in [1.807, 2.05) is 49.9 Å². The van der Waals surface area contributed by atoms with E-state index in [0.29, 0.717) is 63.4 Å². The molecule has 5 rings (SSSR count). The maximum absolute atomic E-state index is 14.2. The summed E-state index contributed by atoms with van der Waals surface area (Å²) in [6, 6.07) is 14.1. The van der Waals surface area contributed by atoms with E-state index >= 15 is 0 Å². The largest absolute Gasteiger partial charge is 0.495 e. The zero-order valence-corrected chi connectivity index (χ0v) is 24.2. The van der Waals surface area contributed by atoms with Crippen LogP contribution in [0.4, 0.5) is 14.9 Å². The summed E-state index contributed by atoms with van der Waals surface area (Å²) in [7, 11) is 1.66. The van der Waals surface area contributed by atoms with Crippen LogP contribution in [-0.4, -0.2) is 83.6 Å². The standard InChI is InChI=1S/C31H38FN5O4/c1-31(2,3)41-30(39)36-14-12-22(13-15-36)28-25(21-33-37(28)24-9-7-8-23(32)20-24)29(38)35-18-16-34(17-19-35)26-10-5-6-11-27(26)40-4/h5-11,20-22H,12-19H2,1-4H3. The number of ether oxygens (including phenoxy) is 2. The van der Waals surface area contributed by atoms with Crippen molar-refractivity contribution in [2.24, 2.45) is 0 Å². The van der Waals surface area contributed by atoms with Crippen LogP contribution in [0.1, 0.15) is 55.6 Å². The Balaban J connectivity index is 1.36. The number of hydrogen-bond acceptors (Lipinski definition) is 6. The Morgan fingerprint density at radius 3 is 2.29 bits per heavy atom. The quantitative estimate of drug-likeness (QED) is 0.430. The molecule has 0 bridgehead atoms. The number of aromatic nitrogens is 2. The first kappa shape index (κ1) is 28.4. The van der Waals surface area contributed by atoms with Gasteiger partial charge >= 0.3 is 6.09 Å². The van der Waals surface area contributed by atoms with Crippen LogP contribution in [0.3, 0.4) is 0 Å². The highest BCUT2D eigenvalue weighted by molar-refractivity contribution is 5.95. The predicted molar refractivity (Wildman–Crippen MR) is 154 cm³/mol. The van der Waals surface area contributed by atoms with E-state index in [1.165, 1.54) is 12.1 Å². The molecule has 2 saturated heterocycles. The van der Waals surface area contributed by atoms with Crippen LogP contribution in [0.2, 0.25) is 0 Å². The average Bonchev–Trinajstić information content (AvgIpc) is 3.41. The number of amides is 2. The Kier molecular flexibility index (Phi) is 8.19. The number of likely N-dealkylation sites (tertiary alicyclic amines) is 1. The molecule has 0 unspecified atom stereocenters. The van der Waals surface area contributed by atoms with E-state index in [-0.39, 0.29) is 23.7 Å². The maximum atomic E-state index is 14.2. The smallest absolute Gasteiger partial charge is 0.410 e. The lowest BCUT2D eigenvalue weighted by Crippen LogP contribution is -2.49. The van der Waals surface area contributed by atoms with Crippen LogP contribution in [0.25, 0.3) is 5.69 Å². The molecule has 0 radical (unpaired) electrons. The highest BCUT2D eigenvalue weighted by atomic mass is 19.1. The molecule has 0 N–H and O–H groups in total. The van der Waals surface area contributed by atoms with Crippen molar-refractivity contribution < 1.29 is 23.5 Å². The topological polar surface area (TPSA) is 80.1 Å². The zero-order valence-electron chi connectivity index (χ0n) is 24.2. The highest BCUT2D eigenvalue weighted by Crippen LogP contribution is 2.34. The average molecular weight is 564 g/mol. The third-order valence-corrected chi connectivity index (χ3v) is 7.62. The van der Waals surface area contributed by atoms with Crippen molar-refractivity contribution in [1.29, 1.82) is 0 Å². The second-order valence-electron chi connectivity index (χ2n) is 11.5. The number of nitrogens with zero attached hydrogens (tertiary/aromatic N) is 5. The maximum Gasteiger partial charge on any atom is 0.410 e. The van der Waals surface area contributed by atoms with Crippen molar-refractivity contribution in [3.05, 3.63) is 71.8 Å². The molecule has 2 amide bonds. The molecule has 2 aliphatic heterocycles. The number of halogens is 1. The van der Waals surface area contributed by atoms with E-state index in [4.69, 9.17) is 9.47 Å². The van der Waals surface area contributed by atoms with Gasteiger partial charge in [0.2, 0.25) is 0 Å². The number of para-hydroxylation sites is 2. The van der Waals surface area contributed by atoms with Gasteiger partial charge in [-0.2, -0.15) is 5.10 Å². The number of carbonyl (C=O) groups excluding carboxylic acids is 2. The minimum atomic E-state index is -0.570. The molecule has 0 spiro atoms. The normalized spacial score (nSPS) is 16.6. The fourth-order valence-corrected chi connectivity index (χ4v) is 5.60. The summed E-state index contributed by atoms with van der Waals surface area (Å²) < 4.78 is 27.0. The van der Waals surface area contributed by atoms with E-state index in [1.54, 1.807) is 35.0 Å². The molecule has 0 aliphatic carbocycles. The number of rotatable bonds is 5. The van der Waals surface area contributed by atoms with Gasteiger partial charge in [0.1, 0.15) is 17.2 Å². The third-order valence-electron chi connectivity index (χ3n) is 7.62. The highest BCUT2D eigenvalue weighted by Gasteiger charge is 2.34. The first-order valence-corrected chi connectivity index (χ1v) is 14.1. The van der Waals surface area contributed by atoms with E-state index < -0.39 is 5.60 Å². The summed E-state index contributed by atoms with van der Waals surface area (Å²) in [6.07, 6.45) is 2.55. The monoisotopic (exact) mass is 563 g/mol. The Morgan fingerprint density at radius 2 is 1.63 bits per heavy atom. The summed E-state index contributed by atoms with van der Waals surface area (Å²) in [6.45, 7) is 9.01. The van der Waals surface area contributed by atoms with Gasteiger partial charge in [-0.1, -0.05) is 18.2 Å². The number of carbonyl (C=O) groups is 2. The Bertz CT molecular complexity index is 1390. The number of piperazine rings is 1. The summed E-state index contributed by atoms with van der Waals surface area (Å²) in [5.74, 6) is 0.317. The minimum Gasteiger partial charge on any atom is -0.495 e. The van der Waals surface area contributed by atoms with Gasteiger partial charge in [0.15, 0.2) is 0 Å². The summed E-state index contributed by atoms with van der Waals surface area (Å²) in [5.41, 5.74) is 2.29. The fraction of sp³-hybridized carbons (Fsp3) is 0.452. The first-order valence-electron chi connectivity index (χ1n) is 14.1. The molecule has 2 aromatic carbocycles. The fourth-order valence-electron chi connectivity index (χ4n) is 5.60. The number of piperidine rings is 1. The van der Waals surface area contributed by atoms with Crippen LogP contribution >= 0.6 is 0 Å². The SMILES string of the molecule is COc1ccccc1N1CCN(C(=O)c2cnn(-c3cccc(F)c3)c2C2CCN(C(=O)OC(C)(C)C)CC2)CC1. The number of anilines is 1. The van der Waals surface area contributed by atoms with Crippen LogP contribution < -0.4 is 9.64 Å². The molecule has 9 nitrogen and oxygen atoms in total. The lowest BCUT2D eigenvalue weighted by atomic mass is 9.90. The van der Waals surface area contributed by atoms with Crippen molar-refractivity contribution in [3.8, 4) is 11.4 Å². The van der Waals surface area contributed by atoms with Gasteiger partial charge in [-0.05, 0) is 63.9 Å². The van der Waals surface area contributed by atoms with Crippen molar-refractivity contribution in [1.82, 2.24) is 19.6 Å². The van der Waals surface area contributed by atoms with Gasteiger partial charge in [-0.15, -0.1) is 0 Å². The van der Waals surface area contributed by atoms with Gasteiger partial charge in [0.05, 0.1) is 35.9 Å². The van der Waals surface area contributed by atoms with Gasteiger partial charge in [0, 0.05) is 45.2 Å². The minimum absolute atomic E-state index is 0.0340. The molecule has 3 aromatic rings. The molecular weight excluding hydrogens is 525 g/mol. The number of benzene rings is 2. The number of methoxy groups -OCH3 is 1. The predicted octanol–water partition coefficient (Wildman–Crippen LogP) is 5.10. The van der Waals surface area contributed by atoms with E-state index in [9.17, 15) is 14.0 Å². The van der Waals surface area contributed by atoms with Crippen molar-refractivity contribution in [2.45, 2.75) is 45.1 Å². The Hall–Kier alpha value is -4.08. The summed E-state index contributed by atoms with van der Waals surface area (Å²) >= 11 is 0. The van der Waals surface area contributed by atoms with E-state index in [0.717, 1.165) is 17.1 Å². The van der Waals surface area contributed by atoms with Crippen molar-refractivity contribution in [2.75, 3.05) is 51.3 Å². The van der Waals surface area contributed by atoms with Gasteiger partial charge < -0.3 is 24.2 Å². The Morgan fingerprint density at radius 1 is 0.927 bits per heavy atom. The molecule has 218 valence electrons. The lowest BCUT2D eigenvalue weighted by Gasteiger charge is -2.37. The van der Waals surface area contributed by atoms with Crippen molar-refractivity contribution >= 4 is 17.7 Å². The Labute approximate surface area is 240 Å². The molecule has 0 atom stereocenters. The molecule has 3 heterocycles. The van der Waals surface area contributed by atoms with Crippen LogP contribution in [0.5, 0.6) is 5.75 Å². The molecular formula is C31H38FN5O4. The van der Waals surface area contributed by atoms with Gasteiger partial charge in [-0.3, -0.25) is 4.79 Å². The molecule has 10 heteroatoms. The summed E-state index contributed by atoms with van der Waals surface area (Å²) in [4.78, 5) is 32.4. The van der Waals surface area contributed by atoms with Gasteiger partial charge in [-0.25, -0.2) is 13.9 Å². The van der Waals surface area contributed by atoms with Crippen LogP contribution in [0.15, 0.2) is 54.7 Å². The van der Waals surface area contributed by atoms with Crippen molar-refractivity contribution in [3.63, 3.8) is 0 Å². The third kappa shape index (κ3) is 6.31. The first-order chi connectivity index (χ1) is 19.6. The van der Waals surface area contributed by atoms with Crippen LogP contribution in [0, 0.1) is 5.82 Å². The number of hydrogen-bond donors (Lipinski definition) is 0. The molecule has 41 heavy (non-hydrogen) atoms. The summed E-state index contributed by atoms with van der Waals surface area (Å²) in [5, 5.41) is 4.58. The second kappa shape index (κ2) is 11.8. The zero-order chi connectivity index (χ0) is 29.1. The second-order valence-corrected chi connectivity index (χ2v) is 11.5. The molecule has 2 aliphatic rings. The molecule has 1 aromatic heterocycles. The van der Waals surface area contributed by atoms with Crippen LogP contribution in [-0.2, 0) is 4.74 Å². The molecule has 2 fully saturated rings. The lowest BCUT2D eigenvalue weighted by molar-refractivity contribution is 0.0203. The molecule has 0 saturated carbocycles. The van der Waals surface area contributed by atoms with Gasteiger partial charge in [0.25, 0.3) is 5.91 Å². The van der Waals surface area contributed by atoms with E-state index in [2.05, 4.69) is 10.00 Å².